The van der Waals surface area contributed by atoms with Gasteiger partial charge in [0.05, 0.1) is 5.02 Å². The number of anilines is 1. The van der Waals surface area contributed by atoms with Crippen LogP contribution in [-0.4, -0.2) is 20.2 Å². The van der Waals surface area contributed by atoms with Gasteiger partial charge >= 0.3 is 0 Å². The van der Waals surface area contributed by atoms with Gasteiger partial charge in [-0.25, -0.2) is 8.78 Å². The van der Waals surface area contributed by atoms with Crippen LogP contribution in [-0.2, 0) is 0 Å². The van der Waals surface area contributed by atoms with Gasteiger partial charge < -0.3 is 5.73 Å². The van der Waals surface area contributed by atoms with Crippen molar-refractivity contribution in [3.8, 4) is 17.1 Å². The highest BCUT2D eigenvalue weighted by molar-refractivity contribution is 6.33. The number of hydrogen-bond acceptors (Lipinski definition) is 4. The van der Waals surface area contributed by atoms with Crippen molar-refractivity contribution in [1.82, 2.24) is 20.2 Å². The number of halogens is 3. The summed E-state index contributed by atoms with van der Waals surface area (Å²) in [5.74, 6) is -1.48. The third-order valence-corrected chi connectivity index (χ3v) is 3.18. The summed E-state index contributed by atoms with van der Waals surface area (Å²) in [4.78, 5) is 0. The van der Waals surface area contributed by atoms with Gasteiger partial charge in [-0.1, -0.05) is 17.7 Å². The van der Waals surface area contributed by atoms with Crippen LogP contribution in [0.1, 0.15) is 0 Å². The zero-order valence-corrected chi connectivity index (χ0v) is 11.2. The van der Waals surface area contributed by atoms with Crippen LogP contribution in [0.4, 0.5) is 14.5 Å². The molecule has 0 saturated heterocycles. The van der Waals surface area contributed by atoms with Gasteiger partial charge in [-0.2, -0.15) is 4.68 Å². The lowest BCUT2D eigenvalue weighted by Crippen LogP contribution is -2.06. The monoisotopic (exact) mass is 307 g/mol. The van der Waals surface area contributed by atoms with Crippen LogP contribution in [0.25, 0.3) is 17.1 Å². The third-order valence-electron chi connectivity index (χ3n) is 2.85. The molecule has 5 nitrogen and oxygen atoms in total. The minimum Gasteiger partial charge on any atom is -0.399 e. The van der Waals surface area contributed by atoms with E-state index >= 15 is 0 Å². The molecule has 0 saturated carbocycles. The fraction of sp³-hybridized carbons (Fsp3) is 0. The maximum Gasteiger partial charge on any atom is 0.188 e. The van der Waals surface area contributed by atoms with Crippen molar-refractivity contribution in [3.63, 3.8) is 0 Å². The minimum absolute atomic E-state index is 0.0938. The van der Waals surface area contributed by atoms with Gasteiger partial charge in [-0.05, 0) is 40.8 Å². The van der Waals surface area contributed by atoms with Gasteiger partial charge in [0.25, 0.3) is 0 Å². The smallest absolute Gasteiger partial charge is 0.188 e. The zero-order valence-electron chi connectivity index (χ0n) is 10.5. The molecule has 1 heterocycles. The van der Waals surface area contributed by atoms with E-state index in [0.29, 0.717) is 16.3 Å². The molecule has 3 aromatic rings. The molecule has 0 bridgehead atoms. The summed E-state index contributed by atoms with van der Waals surface area (Å²) in [7, 11) is 0. The second-order valence-corrected chi connectivity index (χ2v) is 4.63. The van der Waals surface area contributed by atoms with Crippen LogP contribution < -0.4 is 5.73 Å². The van der Waals surface area contributed by atoms with Crippen LogP contribution in [0.15, 0.2) is 36.4 Å². The third kappa shape index (κ3) is 2.31. The number of nitrogens with two attached hydrogens (primary N) is 1. The Labute approximate surface area is 123 Å². The molecule has 0 fully saturated rings. The van der Waals surface area contributed by atoms with Gasteiger partial charge in [0.15, 0.2) is 17.5 Å². The highest BCUT2D eigenvalue weighted by Gasteiger charge is 2.19. The van der Waals surface area contributed by atoms with E-state index in [1.807, 2.05) is 0 Å². The van der Waals surface area contributed by atoms with Gasteiger partial charge in [-0.3, -0.25) is 0 Å². The maximum atomic E-state index is 13.9. The first-order valence-corrected chi connectivity index (χ1v) is 6.24. The number of nitrogens with zero attached hydrogens (tertiary/aromatic N) is 4. The molecule has 0 atom stereocenters. The summed E-state index contributed by atoms with van der Waals surface area (Å²) in [5.41, 5.74) is 6.13. The van der Waals surface area contributed by atoms with E-state index in [1.165, 1.54) is 12.1 Å². The van der Waals surface area contributed by atoms with Crippen molar-refractivity contribution in [2.45, 2.75) is 0 Å². The Balaban J connectivity index is 2.25. The highest BCUT2D eigenvalue weighted by atomic mass is 35.5. The molecule has 3 rings (SSSR count). The Hall–Kier alpha value is -2.54. The van der Waals surface area contributed by atoms with Crippen molar-refractivity contribution < 1.29 is 8.78 Å². The molecule has 0 spiro atoms. The summed E-state index contributed by atoms with van der Waals surface area (Å²) in [6.45, 7) is 0. The largest absolute Gasteiger partial charge is 0.399 e. The molecule has 0 aliphatic rings. The SMILES string of the molecule is Nc1ccc(Cl)c(-c2nnnn2-c2c(F)cccc2F)c1. The van der Waals surface area contributed by atoms with E-state index in [9.17, 15) is 8.78 Å². The van der Waals surface area contributed by atoms with E-state index in [0.717, 1.165) is 16.8 Å². The summed E-state index contributed by atoms with van der Waals surface area (Å²) in [6, 6.07) is 8.18. The normalized spacial score (nSPS) is 10.8. The summed E-state index contributed by atoms with van der Waals surface area (Å²) in [5, 5.41) is 11.2. The first kappa shape index (κ1) is 13.4. The second kappa shape index (κ2) is 5.10. The Kier molecular flexibility index (Phi) is 3.26. The molecule has 2 aromatic carbocycles. The first-order valence-electron chi connectivity index (χ1n) is 5.86. The number of rotatable bonds is 2. The average Bonchev–Trinajstić information content (AvgIpc) is 2.90. The molecular weight excluding hydrogens is 300 g/mol. The molecular formula is C13H8ClF2N5. The summed E-state index contributed by atoms with van der Waals surface area (Å²) < 4.78 is 28.7. The Bertz CT molecular complexity index is 798. The van der Waals surface area contributed by atoms with Crippen molar-refractivity contribution in [2.24, 2.45) is 0 Å². The summed E-state index contributed by atoms with van der Waals surface area (Å²) in [6.07, 6.45) is 0. The van der Waals surface area contributed by atoms with Gasteiger partial charge in [0.2, 0.25) is 0 Å². The lowest BCUT2D eigenvalue weighted by Gasteiger charge is -2.08. The number of hydrogen-bond donors (Lipinski definition) is 1. The highest BCUT2D eigenvalue weighted by Crippen LogP contribution is 2.30. The predicted octanol–water partition coefficient (Wildman–Crippen LogP) is 2.84. The molecule has 0 aliphatic carbocycles. The van der Waals surface area contributed by atoms with Crippen LogP contribution >= 0.6 is 11.6 Å². The number of aromatic nitrogens is 4. The minimum atomic E-state index is -0.788. The number of tetrazole rings is 1. The fourth-order valence-corrected chi connectivity index (χ4v) is 2.11. The molecule has 0 unspecified atom stereocenters. The maximum absolute atomic E-state index is 13.9. The quantitative estimate of drug-likeness (QED) is 0.739. The first-order chi connectivity index (χ1) is 10.1. The lowest BCUT2D eigenvalue weighted by molar-refractivity contribution is 0.557. The van der Waals surface area contributed by atoms with E-state index in [2.05, 4.69) is 15.5 Å². The van der Waals surface area contributed by atoms with E-state index in [1.54, 1.807) is 12.1 Å². The van der Waals surface area contributed by atoms with Crippen molar-refractivity contribution in [2.75, 3.05) is 5.73 Å². The molecule has 21 heavy (non-hydrogen) atoms. The number of nitrogen functional groups attached to an aromatic ring is 1. The standard InChI is InChI=1S/C13H8ClF2N5/c14-9-5-4-7(17)6-8(9)13-18-19-20-21(13)12-10(15)2-1-3-11(12)16/h1-6H,17H2. The zero-order chi connectivity index (χ0) is 15.0. The Morgan fingerprint density at radius 3 is 2.52 bits per heavy atom. The Morgan fingerprint density at radius 2 is 1.81 bits per heavy atom. The average molecular weight is 308 g/mol. The van der Waals surface area contributed by atoms with Gasteiger partial charge in [-0.15, -0.1) is 5.10 Å². The predicted molar refractivity (Wildman–Crippen MR) is 73.9 cm³/mol. The topological polar surface area (TPSA) is 69.6 Å². The lowest BCUT2D eigenvalue weighted by atomic mass is 10.2. The van der Waals surface area contributed by atoms with Crippen molar-refractivity contribution in [3.05, 3.63) is 53.1 Å². The molecule has 2 N–H and O–H groups in total. The molecule has 0 amide bonds. The fourth-order valence-electron chi connectivity index (χ4n) is 1.91. The molecule has 1 aromatic heterocycles. The van der Waals surface area contributed by atoms with Crippen LogP contribution in [0, 0.1) is 11.6 Å². The van der Waals surface area contributed by atoms with Crippen LogP contribution in [0.2, 0.25) is 5.02 Å². The van der Waals surface area contributed by atoms with E-state index < -0.39 is 11.6 Å². The van der Waals surface area contributed by atoms with Crippen molar-refractivity contribution >= 4 is 17.3 Å². The molecule has 106 valence electrons. The molecule has 8 heteroatoms. The number of benzene rings is 2. The van der Waals surface area contributed by atoms with E-state index in [-0.39, 0.29) is 11.5 Å². The Morgan fingerprint density at radius 1 is 1.10 bits per heavy atom. The van der Waals surface area contributed by atoms with E-state index in [4.69, 9.17) is 17.3 Å². The van der Waals surface area contributed by atoms with Crippen LogP contribution in [0.5, 0.6) is 0 Å². The van der Waals surface area contributed by atoms with Crippen molar-refractivity contribution in [1.29, 1.82) is 0 Å². The number of para-hydroxylation sites is 1. The van der Waals surface area contributed by atoms with Crippen LogP contribution in [0.3, 0.4) is 0 Å². The molecule has 0 radical (unpaired) electrons. The molecule has 0 aliphatic heterocycles. The second-order valence-electron chi connectivity index (χ2n) is 4.22. The van der Waals surface area contributed by atoms with Gasteiger partial charge in [0, 0.05) is 11.3 Å². The summed E-state index contributed by atoms with van der Waals surface area (Å²) >= 11 is 6.07. The van der Waals surface area contributed by atoms with Gasteiger partial charge in [0.1, 0.15) is 5.69 Å².